The molecular formula is C23H28N2O4. The number of carbonyl (C=O) groups is 1. The number of piperidine rings is 1. The van der Waals surface area contributed by atoms with E-state index in [2.05, 4.69) is 18.8 Å². The van der Waals surface area contributed by atoms with Crippen LogP contribution in [0.15, 0.2) is 36.5 Å². The largest absolute Gasteiger partial charge is 0.489 e. The van der Waals surface area contributed by atoms with Gasteiger partial charge >= 0.3 is 0 Å². The van der Waals surface area contributed by atoms with Crippen molar-refractivity contribution in [2.75, 3.05) is 19.7 Å². The number of fused-ring (bicyclic) bond motifs is 1. The normalized spacial score (nSPS) is 18.1. The lowest BCUT2D eigenvalue weighted by Gasteiger charge is -2.32. The summed E-state index contributed by atoms with van der Waals surface area (Å²) in [7, 11) is 0. The second kappa shape index (κ2) is 7.93. The van der Waals surface area contributed by atoms with Gasteiger partial charge in [-0.3, -0.25) is 9.78 Å². The number of hydrogen-bond donors (Lipinski definition) is 0. The van der Waals surface area contributed by atoms with Crippen LogP contribution in [0.25, 0.3) is 0 Å². The lowest BCUT2D eigenvalue weighted by atomic mass is 10.0. The first kappa shape index (κ1) is 19.6. The molecule has 0 unspecified atom stereocenters. The third kappa shape index (κ3) is 4.63. The predicted molar refractivity (Wildman–Crippen MR) is 110 cm³/mol. The number of nitrogens with zero attached hydrogens (tertiary/aromatic N) is 2. The fraction of sp³-hybridized carbons (Fsp3) is 0.478. The summed E-state index contributed by atoms with van der Waals surface area (Å²) in [6.45, 7) is 7.42. The van der Waals surface area contributed by atoms with Gasteiger partial charge in [0.05, 0.1) is 6.20 Å². The van der Waals surface area contributed by atoms with Gasteiger partial charge in [-0.1, -0.05) is 12.1 Å². The zero-order valence-corrected chi connectivity index (χ0v) is 17.3. The Balaban J connectivity index is 1.27. The summed E-state index contributed by atoms with van der Waals surface area (Å²) in [6, 6.07) is 9.74. The number of carbonyl (C=O) groups excluding carboxylic acids is 1. The Labute approximate surface area is 171 Å². The van der Waals surface area contributed by atoms with Crippen LogP contribution in [0.1, 0.15) is 37.9 Å². The van der Waals surface area contributed by atoms with Crippen LogP contribution in [0.5, 0.6) is 17.2 Å². The number of benzene rings is 1. The fourth-order valence-corrected chi connectivity index (χ4v) is 3.87. The molecule has 0 atom stereocenters. The first-order chi connectivity index (χ1) is 13.9. The standard InChI is InChI=1S/C23H28N2O4/c1-16-7-8-19(14-24-16)28-18-9-11-25(12-10-18)21(26)15-27-20-6-4-5-17-13-23(2,3)29-22(17)20/h4-8,14,18H,9-13,15H2,1-3H3. The van der Waals surface area contributed by atoms with Crippen LogP contribution >= 0.6 is 0 Å². The molecule has 0 N–H and O–H groups in total. The number of rotatable bonds is 5. The molecule has 6 heteroatoms. The lowest BCUT2D eigenvalue weighted by molar-refractivity contribution is -0.135. The molecule has 6 nitrogen and oxygen atoms in total. The minimum atomic E-state index is -0.235. The highest BCUT2D eigenvalue weighted by atomic mass is 16.5. The van der Waals surface area contributed by atoms with Crippen LogP contribution < -0.4 is 14.2 Å². The molecule has 0 spiro atoms. The third-order valence-corrected chi connectivity index (χ3v) is 5.39. The van der Waals surface area contributed by atoms with Crippen LogP contribution in [-0.2, 0) is 11.2 Å². The molecule has 0 saturated carbocycles. The molecule has 1 aromatic heterocycles. The van der Waals surface area contributed by atoms with Crippen LogP contribution in [-0.4, -0.2) is 47.2 Å². The average molecular weight is 396 g/mol. The SMILES string of the molecule is Cc1ccc(OC2CCN(C(=O)COc3cccc4c3OC(C)(C)C4)CC2)cn1. The van der Waals surface area contributed by atoms with Gasteiger partial charge in [-0.15, -0.1) is 0 Å². The van der Waals surface area contributed by atoms with Gasteiger partial charge in [-0.2, -0.15) is 0 Å². The highest BCUT2D eigenvalue weighted by molar-refractivity contribution is 5.78. The minimum Gasteiger partial charge on any atom is -0.489 e. The van der Waals surface area contributed by atoms with E-state index in [-0.39, 0.29) is 24.2 Å². The van der Waals surface area contributed by atoms with Crippen molar-refractivity contribution in [2.45, 2.75) is 51.7 Å². The molecule has 1 fully saturated rings. The van der Waals surface area contributed by atoms with Crippen LogP contribution in [0.3, 0.4) is 0 Å². The predicted octanol–water partition coefficient (Wildman–Crippen LogP) is 3.55. The second-order valence-corrected chi connectivity index (χ2v) is 8.40. The molecule has 1 aromatic carbocycles. The number of amides is 1. The molecular weight excluding hydrogens is 368 g/mol. The molecule has 154 valence electrons. The Bertz CT molecular complexity index is 871. The lowest BCUT2D eigenvalue weighted by Crippen LogP contribution is -2.43. The van der Waals surface area contributed by atoms with Crippen molar-refractivity contribution >= 4 is 5.91 Å². The van der Waals surface area contributed by atoms with E-state index in [4.69, 9.17) is 14.2 Å². The Morgan fingerprint density at radius 3 is 2.76 bits per heavy atom. The van der Waals surface area contributed by atoms with Crippen molar-refractivity contribution in [1.29, 1.82) is 0 Å². The van der Waals surface area contributed by atoms with E-state index in [0.29, 0.717) is 18.8 Å². The third-order valence-electron chi connectivity index (χ3n) is 5.39. The Kier molecular flexibility index (Phi) is 5.35. The number of ether oxygens (including phenoxy) is 3. The van der Waals surface area contributed by atoms with Gasteiger partial charge in [-0.05, 0) is 39.0 Å². The van der Waals surface area contributed by atoms with Gasteiger partial charge in [0.1, 0.15) is 17.5 Å². The molecule has 3 heterocycles. The summed E-state index contributed by atoms with van der Waals surface area (Å²) in [4.78, 5) is 18.7. The van der Waals surface area contributed by atoms with Gasteiger partial charge in [0, 0.05) is 43.6 Å². The molecule has 1 amide bonds. The summed E-state index contributed by atoms with van der Waals surface area (Å²) in [5.41, 5.74) is 1.86. The van der Waals surface area contributed by atoms with Crippen LogP contribution in [0.2, 0.25) is 0 Å². The van der Waals surface area contributed by atoms with E-state index >= 15 is 0 Å². The second-order valence-electron chi connectivity index (χ2n) is 8.40. The molecule has 2 aliphatic heterocycles. The van der Waals surface area contributed by atoms with Crippen LogP contribution in [0.4, 0.5) is 0 Å². The smallest absolute Gasteiger partial charge is 0.260 e. The Morgan fingerprint density at radius 2 is 2.03 bits per heavy atom. The maximum atomic E-state index is 12.6. The topological polar surface area (TPSA) is 60.9 Å². The van der Waals surface area contributed by atoms with Gasteiger partial charge in [0.2, 0.25) is 0 Å². The van der Waals surface area contributed by atoms with E-state index in [0.717, 1.165) is 42.0 Å². The van der Waals surface area contributed by atoms with Crippen molar-refractivity contribution in [3.63, 3.8) is 0 Å². The molecule has 0 aliphatic carbocycles. The van der Waals surface area contributed by atoms with Gasteiger partial charge < -0.3 is 19.1 Å². The average Bonchev–Trinajstić information content (AvgIpc) is 3.03. The van der Waals surface area contributed by atoms with E-state index in [1.54, 1.807) is 6.20 Å². The monoisotopic (exact) mass is 396 g/mol. The first-order valence-corrected chi connectivity index (χ1v) is 10.2. The molecule has 0 radical (unpaired) electrons. The molecule has 0 bridgehead atoms. The molecule has 4 rings (SSSR count). The Morgan fingerprint density at radius 1 is 1.24 bits per heavy atom. The number of aromatic nitrogens is 1. The summed E-state index contributed by atoms with van der Waals surface area (Å²) >= 11 is 0. The van der Waals surface area contributed by atoms with Gasteiger partial charge in [0.15, 0.2) is 18.1 Å². The molecule has 2 aromatic rings. The number of likely N-dealkylation sites (tertiary alicyclic amines) is 1. The summed E-state index contributed by atoms with van der Waals surface area (Å²) in [6.07, 6.45) is 4.31. The van der Waals surface area contributed by atoms with Crippen molar-refractivity contribution in [1.82, 2.24) is 9.88 Å². The summed E-state index contributed by atoms with van der Waals surface area (Å²) in [5, 5.41) is 0. The summed E-state index contributed by atoms with van der Waals surface area (Å²) in [5.74, 6) is 2.19. The number of pyridine rings is 1. The number of para-hydroxylation sites is 1. The maximum absolute atomic E-state index is 12.6. The molecule has 29 heavy (non-hydrogen) atoms. The summed E-state index contributed by atoms with van der Waals surface area (Å²) < 4.78 is 17.8. The number of hydrogen-bond acceptors (Lipinski definition) is 5. The first-order valence-electron chi connectivity index (χ1n) is 10.2. The van der Waals surface area contributed by atoms with Crippen molar-refractivity contribution in [3.05, 3.63) is 47.8 Å². The van der Waals surface area contributed by atoms with Crippen molar-refractivity contribution < 1.29 is 19.0 Å². The van der Waals surface area contributed by atoms with Crippen molar-refractivity contribution in [2.24, 2.45) is 0 Å². The Hall–Kier alpha value is -2.76. The molecule has 2 aliphatic rings. The fourth-order valence-electron chi connectivity index (χ4n) is 3.87. The minimum absolute atomic E-state index is 0.00434. The van der Waals surface area contributed by atoms with E-state index in [1.807, 2.05) is 42.2 Å². The highest BCUT2D eigenvalue weighted by Gasteiger charge is 2.32. The highest BCUT2D eigenvalue weighted by Crippen LogP contribution is 2.41. The zero-order valence-electron chi connectivity index (χ0n) is 17.3. The van der Waals surface area contributed by atoms with E-state index in [1.165, 1.54) is 0 Å². The quantitative estimate of drug-likeness (QED) is 0.773. The zero-order chi connectivity index (χ0) is 20.4. The maximum Gasteiger partial charge on any atom is 0.260 e. The van der Waals surface area contributed by atoms with Crippen LogP contribution in [0, 0.1) is 6.92 Å². The van der Waals surface area contributed by atoms with E-state index in [9.17, 15) is 4.79 Å². The number of aryl methyl sites for hydroxylation is 1. The van der Waals surface area contributed by atoms with Gasteiger partial charge in [-0.25, -0.2) is 0 Å². The van der Waals surface area contributed by atoms with E-state index < -0.39 is 0 Å². The molecule has 1 saturated heterocycles. The van der Waals surface area contributed by atoms with Crippen molar-refractivity contribution in [3.8, 4) is 17.2 Å². The van der Waals surface area contributed by atoms with Gasteiger partial charge in [0.25, 0.3) is 5.91 Å².